The van der Waals surface area contributed by atoms with E-state index in [9.17, 15) is 18.0 Å². The lowest BCUT2D eigenvalue weighted by Crippen LogP contribution is -2.52. The zero-order chi connectivity index (χ0) is 18.7. The Morgan fingerprint density at radius 2 is 1.73 bits per heavy atom. The summed E-state index contributed by atoms with van der Waals surface area (Å²) in [7, 11) is -1.88. The van der Waals surface area contributed by atoms with Crippen LogP contribution in [0.1, 0.15) is 18.4 Å². The molecule has 1 fully saturated rings. The first kappa shape index (κ1) is 18.5. The summed E-state index contributed by atoms with van der Waals surface area (Å²) in [6, 6.07) is 9.05. The van der Waals surface area contributed by atoms with Gasteiger partial charge in [-0.2, -0.15) is 9.41 Å². The highest BCUT2D eigenvalue weighted by atomic mass is 32.2. The van der Waals surface area contributed by atoms with Crippen molar-refractivity contribution in [3.05, 3.63) is 35.9 Å². The maximum Gasteiger partial charge on any atom is 0.270 e. The largest absolute Gasteiger partial charge is 0.335 e. The fraction of sp³-hybridized carbons (Fsp3) is 0.471. The minimum atomic E-state index is -3.41. The smallest absolute Gasteiger partial charge is 0.270 e. The van der Waals surface area contributed by atoms with Crippen LogP contribution < -0.4 is 0 Å². The number of amides is 2. The second kappa shape index (κ2) is 7.55. The van der Waals surface area contributed by atoms with Crippen LogP contribution in [0.25, 0.3) is 0 Å². The van der Waals surface area contributed by atoms with Gasteiger partial charge < -0.3 is 4.90 Å². The van der Waals surface area contributed by atoms with Crippen LogP contribution in [0.2, 0.25) is 0 Å². The van der Waals surface area contributed by atoms with Crippen molar-refractivity contribution in [2.75, 3.05) is 33.2 Å². The van der Waals surface area contributed by atoms with E-state index in [2.05, 4.69) is 5.10 Å². The summed E-state index contributed by atoms with van der Waals surface area (Å²) in [6.45, 7) is 1.18. The predicted octanol–water partition coefficient (Wildman–Crippen LogP) is 0.269. The number of benzene rings is 1. The number of sulfonamides is 1. The van der Waals surface area contributed by atoms with Crippen LogP contribution in [0.3, 0.4) is 0 Å². The summed E-state index contributed by atoms with van der Waals surface area (Å²) in [5.74, 6) is -0.371. The maximum absolute atomic E-state index is 12.6. The number of nitrogens with zero attached hydrogens (tertiary/aromatic N) is 4. The topological polar surface area (TPSA) is 90.4 Å². The predicted molar refractivity (Wildman–Crippen MR) is 96.7 cm³/mol. The van der Waals surface area contributed by atoms with Gasteiger partial charge in [-0.05, 0) is 5.56 Å². The van der Waals surface area contributed by atoms with Gasteiger partial charge in [-0.25, -0.2) is 13.4 Å². The summed E-state index contributed by atoms with van der Waals surface area (Å²) in [6.07, 6.45) is 0.598. The van der Waals surface area contributed by atoms with Gasteiger partial charge in [-0.15, -0.1) is 0 Å². The van der Waals surface area contributed by atoms with Crippen LogP contribution in [-0.2, 0) is 25.4 Å². The molecule has 1 aromatic rings. The van der Waals surface area contributed by atoms with E-state index in [4.69, 9.17) is 0 Å². The first-order valence-electron chi connectivity index (χ1n) is 8.52. The number of carbonyl (C=O) groups is 2. The van der Waals surface area contributed by atoms with Gasteiger partial charge in [0, 0.05) is 46.1 Å². The molecular weight excluding hydrogens is 356 g/mol. The molecule has 0 aromatic heterocycles. The number of hydrogen-bond acceptors (Lipinski definition) is 5. The van der Waals surface area contributed by atoms with E-state index in [1.807, 2.05) is 18.2 Å². The van der Waals surface area contributed by atoms with Crippen molar-refractivity contribution in [3.8, 4) is 0 Å². The van der Waals surface area contributed by atoms with Crippen LogP contribution in [0, 0.1) is 0 Å². The fourth-order valence-electron chi connectivity index (χ4n) is 3.05. The van der Waals surface area contributed by atoms with E-state index in [-0.39, 0.29) is 37.1 Å². The average Bonchev–Trinajstić information content (AvgIpc) is 2.64. The molecule has 2 aliphatic rings. The highest BCUT2D eigenvalue weighted by Crippen LogP contribution is 2.15. The van der Waals surface area contributed by atoms with Crippen molar-refractivity contribution < 1.29 is 18.0 Å². The lowest BCUT2D eigenvalue weighted by Gasteiger charge is -2.34. The lowest BCUT2D eigenvalue weighted by atomic mass is 10.1. The molecule has 0 spiro atoms. The van der Waals surface area contributed by atoms with Gasteiger partial charge in [0.05, 0.1) is 5.75 Å². The molecule has 3 rings (SSSR count). The van der Waals surface area contributed by atoms with Crippen molar-refractivity contribution >= 4 is 27.5 Å². The molecule has 0 atom stereocenters. The highest BCUT2D eigenvalue weighted by molar-refractivity contribution is 7.88. The Kier molecular flexibility index (Phi) is 5.38. The van der Waals surface area contributed by atoms with Crippen LogP contribution in [0.4, 0.5) is 0 Å². The minimum Gasteiger partial charge on any atom is -0.335 e. The van der Waals surface area contributed by atoms with E-state index in [1.165, 1.54) is 16.4 Å². The number of hydrogen-bond donors (Lipinski definition) is 0. The molecule has 140 valence electrons. The van der Waals surface area contributed by atoms with Crippen molar-refractivity contribution in [2.24, 2.45) is 5.10 Å². The van der Waals surface area contributed by atoms with Crippen molar-refractivity contribution in [3.63, 3.8) is 0 Å². The van der Waals surface area contributed by atoms with E-state index in [0.29, 0.717) is 25.2 Å². The van der Waals surface area contributed by atoms with Crippen molar-refractivity contribution in [1.82, 2.24) is 14.2 Å². The van der Waals surface area contributed by atoms with E-state index < -0.39 is 10.0 Å². The molecule has 26 heavy (non-hydrogen) atoms. The van der Waals surface area contributed by atoms with Gasteiger partial charge in [0.2, 0.25) is 15.9 Å². The Morgan fingerprint density at radius 1 is 1.08 bits per heavy atom. The summed E-state index contributed by atoms with van der Waals surface area (Å²) < 4.78 is 26.6. The molecular formula is C17H22N4O4S. The van der Waals surface area contributed by atoms with Gasteiger partial charge >= 0.3 is 0 Å². The monoisotopic (exact) mass is 378 g/mol. The Morgan fingerprint density at radius 3 is 2.35 bits per heavy atom. The standard InChI is InChI=1S/C17H22N4O4S/c1-19-16(22)8-7-15(18-19)17(23)20-9-11-21(12-10-20)26(24,25)13-14-5-3-2-4-6-14/h2-6H,7-13H2,1H3. The number of rotatable bonds is 4. The Bertz CT molecular complexity index is 814. The molecule has 1 saturated heterocycles. The van der Waals surface area contributed by atoms with Crippen LogP contribution in [-0.4, -0.2) is 73.4 Å². The third kappa shape index (κ3) is 4.10. The molecule has 0 saturated carbocycles. The minimum absolute atomic E-state index is 0.0403. The second-order valence-electron chi connectivity index (χ2n) is 6.40. The fourth-order valence-corrected chi connectivity index (χ4v) is 4.57. The molecule has 1 aromatic carbocycles. The van der Waals surface area contributed by atoms with Crippen LogP contribution in [0.5, 0.6) is 0 Å². The summed E-state index contributed by atoms with van der Waals surface area (Å²) >= 11 is 0. The Hall–Kier alpha value is -2.26. The van der Waals surface area contributed by atoms with Gasteiger partial charge in [0.1, 0.15) is 5.71 Å². The molecule has 9 heteroatoms. The molecule has 2 amide bonds. The quantitative estimate of drug-likeness (QED) is 0.752. The molecule has 8 nitrogen and oxygen atoms in total. The normalized spacial score (nSPS) is 19.4. The van der Waals surface area contributed by atoms with Crippen molar-refractivity contribution in [1.29, 1.82) is 0 Å². The molecule has 0 bridgehead atoms. The van der Waals surface area contributed by atoms with Gasteiger partial charge in [0.15, 0.2) is 0 Å². The zero-order valence-corrected chi connectivity index (χ0v) is 15.5. The summed E-state index contributed by atoms with van der Waals surface area (Å²) in [5, 5.41) is 5.23. The summed E-state index contributed by atoms with van der Waals surface area (Å²) in [4.78, 5) is 25.6. The first-order chi connectivity index (χ1) is 12.4. The Labute approximate surface area is 153 Å². The molecule has 2 heterocycles. The van der Waals surface area contributed by atoms with Gasteiger partial charge in [-0.3, -0.25) is 9.59 Å². The summed E-state index contributed by atoms with van der Waals surface area (Å²) in [5.41, 5.74) is 1.10. The van der Waals surface area contributed by atoms with Crippen molar-refractivity contribution in [2.45, 2.75) is 18.6 Å². The first-order valence-corrected chi connectivity index (χ1v) is 10.1. The van der Waals surface area contributed by atoms with E-state index in [0.717, 1.165) is 5.56 Å². The lowest BCUT2D eigenvalue weighted by molar-refractivity contribution is -0.130. The number of carbonyl (C=O) groups excluding carboxylic acids is 2. The van der Waals surface area contributed by atoms with Gasteiger partial charge in [0.25, 0.3) is 5.91 Å². The van der Waals surface area contributed by atoms with E-state index in [1.54, 1.807) is 17.0 Å². The number of hydrazone groups is 1. The van der Waals surface area contributed by atoms with Crippen LogP contribution in [0.15, 0.2) is 35.4 Å². The van der Waals surface area contributed by atoms with Gasteiger partial charge in [-0.1, -0.05) is 30.3 Å². The zero-order valence-electron chi connectivity index (χ0n) is 14.7. The van der Waals surface area contributed by atoms with Crippen LogP contribution >= 0.6 is 0 Å². The third-order valence-electron chi connectivity index (χ3n) is 4.57. The number of piperazine rings is 1. The molecule has 0 aliphatic carbocycles. The SMILES string of the molecule is CN1N=C(C(=O)N2CCN(S(=O)(=O)Cc3ccccc3)CC2)CCC1=O. The maximum atomic E-state index is 12.6. The second-order valence-corrected chi connectivity index (χ2v) is 8.37. The molecule has 2 aliphatic heterocycles. The average molecular weight is 378 g/mol. The molecule has 0 N–H and O–H groups in total. The van der Waals surface area contributed by atoms with E-state index >= 15 is 0 Å². The third-order valence-corrected chi connectivity index (χ3v) is 6.42. The Balaban J connectivity index is 1.59. The highest BCUT2D eigenvalue weighted by Gasteiger charge is 2.32. The molecule has 0 unspecified atom stereocenters. The molecule has 0 radical (unpaired) electrons.